The number of carbonyl (C=O) groups is 1. The maximum atomic E-state index is 12.9. The van der Waals surface area contributed by atoms with Crippen molar-refractivity contribution in [3.63, 3.8) is 0 Å². The van der Waals surface area contributed by atoms with E-state index in [1.807, 2.05) is 36.1 Å². The van der Waals surface area contributed by atoms with Gasteiger partial charge in [-0.25, -0.2) is 0 Å². The van der Waals surface area contributed by atoms with Crippen LogP contribution in [0.4, 0.5) is 5.69 Å². The van der Waals surface area contributed by atoms with Crippen molar-refractivity contribution in [3.05, 3.63) is 42.2 Å². The fraction of sp³-hybridized carbons (Fsp3) is 0.400. The summed E-state index contributed by atoms with van der Waals surface area (Å²) in [5, 5.41) is 0. The zero-order valence-corrected chi connectivity index (χ0v) is 16.1. The number of amides is 1. The molecule has 1 aromatic carbocycles. The fourth-order valence-corrected chi connectivity index (χ4v) is 3.30. The van der Waals surface area contributed by atoms with Crippen LogP contribution >= 0.6 is 0 Å². The normalized spacial score (nSPS) is 17.7. The maximum absolute atomic E-state index is 12.9. The van der Waals surface area contributed by atoms with Crippen molar-refractivity contribution in [1.82, 2.24) is 9.88 Å². The van der Waals surface area contributed by atoms with E-state index in [1.54, 1.807) is 33.6 Å². The van der Waals surface area contributed by atoms with Crippen LogP contribution < -0.4 is 19.1 Å². The van der Waals surface area contributed by atoms with Crippen molar-refractivity contribution in [3.8, 4) is 17.2 Å². The van der Waals surface area contributed by atoms with Gasteiger partial charge in [-0.3, -0.25) is 14.7 Å². The molecule has 7 nitrogen and oxygen atoms in total. The van der Waals surface area contributed by atoms with Gasteiger partial charge in [0, 0.05) is 37.6 Å². The van der Waals surface area contributed by atoms with Gasteiger partial charge in [0.05, 0.1) is 27.4 Å². The Hall–Kier alpha value is -2.80. The number of rotatable bonds is 6. The highest BCUT2D eigenvalue weighted by Gasteiger charge is 2.33. The number of aromatic nitrogens is 1. The SMILES string of the molecule is COc1ccc(N2CCN(Cc3nccc(OC)c3OC)C(C)C2=O)cc1. The number of nitrogens with zero attached hydrogens (tertiary/aromatic N) is 3. The highest BCUT2D eigenvalue weighted by Crippen LogP contribution is 2.31. The summed E-state index contributed by atoms with van der Waals surface area (Å²) in [6, 6.07) is 9.05. The fourth-order valence-electron chi connectivity index (χ4n) is 3.30. The molecule has 0 saturated carbocycles. The Morgan fingerprint density at radius 1 is 1.04 bits per heavy atom. The number of hydrogen-bond donors (Lipinski definition) is 0. The number of methoxy groups -OCH3 is 3. The second-order valence-electron chi connectivity index (χ2n) is 6.33. The largest absolute Gasteiger partial charge is 0.497 e. The van der Waals surface area contributed by atoms with Gasteiger partial charge < -0.3 is 19.1 Å². The van der Waals surface area contributed by atoms with E-state index in [4.69, 9.17) is 14.2 Å². The lowest BCUT2D eigenvalue weighted by atomic mass is 10.1. The van der Waals surface area contributed by atoms with Gasteiger partial charge in [0.15, 0.2) is 11.5 Å². The van der Waals surface area contributed by atoms with E-state index in [0.29, 0.717) is 24.6 Å². The number of benzene rings is 1. The van der Waals surface area contributed by atoms with E-state index in [0.717, 1.165) is 23.7 Å². The summed E-state index contributed by atoms with van der Waals surface area (Å²) in [6.45, 7) is 3.79. The number of carbonyl (C=O) groups excluding carboxylic acids is 1. The summed E-state index contributed by atoms with van der Waals surface area (Å²) in [7, 11) is 4.82. The minimum atomic E-state index is -0.265. The Bertz CT molecular complexity index is 794. The lowest BCUT2D eigenvalue weighted by molar-refractivity contribution is -0.125. The molecule has 1 saturated heterocycles. The van der Waals surface area contributed by atoms with Gasteiger partial charge in [0.2, 0.25) is 5.91 Å². The van der Waals surface area contributed by atoms with Crippen LogP contribution in [0.5, 0.6) is 17.2 Å². The number of piperazine rings is 1. The first-order valence-corrected chi connectivity index (χ1v) is 8.84. The minimum Gasteiger partial charge on any atom is -0.497 e. The Morgan fingerprint density at radius 2 is 1.78 bits per heavy atom. The van der Waals surface area contributed by atoms with E-state index in [1.165, 1.54) is 0 Å². The second kappa shape index (κ2) is 8.26. The Labute approximate surface area is 159 Å². The molecule has 2 aromatic rings. The molecule has 27 heavy (non-hydrogen) atoms. The lowest BCUT2D eigenvalue weighted by Crippen LogP contribution is -2.55. The van der Waals surface area contributed by atoms with Crippen LogP contribution in [-0.2, 0) is 11.3 Å². The highest BCUT2D eigenvalue weighted by atomic mass is 16.5. The van der Waals surface area contributed by atoms with Crippen molar-refractivity contribution in [2.24, 2.45) is 0 Å². The third kappa shape index (κ3) is 3.83. The monoisotopic (exact) mass is 371 g/mol. The van der Waals surface area contributed by atoms with Crippen LogP contribution in [0.2, 0.25) is 0 Å². The van der Waals surface area contributed by atoms with E-state index in [2.05, 4.69) is 9.88 Å². The molecule has 1 aliphatic heterocycles. The van der Waals surface area contributed by atoms with Gasteiger partial charge in [-0.05, 0) is 31.2 Å². The lowest BCUT2D eigenvalue weighted by Gasteiger charge is -2.39. The first kappa shape index (κ1) is 19.0. The van der Waals surface area contributed by atoms with Crippen LogP contribution in [0, 0.1) is 0 Å². The van der Waals surface area contributed by atoms with E-state index < -0.39 is 0 Å². The number of ether oxygens (including phenoxy) is 3. The summed E-state index contributed by atoms with van der Waals surface area (Å²) in [5.41, 5.74) is 1.64. The predicted molar refractivity (Wildman–Crippen MR) is 103 cm³/mol. The van der Waals surface area contributed by atoms with Crippen LogP contribution in [0.25, 0.3) is 0 Å². The Morgan fingerprint density at radius 3 is 2.41 bits per heavy atom. The molecule has 1 aliphatic rings. The summed E-state index contributed by atoms with van der Waals surface area (Å²) in [6.07, 6.45) is 1.69. The maximum Gasteiger partial charge on any atom is 0.244 e. The Kier molecular flexibility index (Phi) is 5.81. The molecule has 0 radical (unpaired) electrons. The van der Waals surface area contributed by atoms with Crippen LogP contribution in [0.3, 0.4) is 0 Å². The summed E-state index contributed by atoms with van der Waals surface area (Å²) in [4.78, 5) is 21.3. The molecule has 1 aromatic heterocycles. The minimum absolute atomic E-state index is 0.0632. The molecular weight excluding hydrogens is 346 g/mol. The zero-order chi connectivity index (χ0) is 19.4. The van der Waals surface area contributed by atoms with Crippen molar-refractivity contribution in [2.75, 3.05) is 39.3 Å². The average molecular weight is 371 g/mol. The van der Waals surface area contributed by atoms with Crippen molar-refractivity contribution in [2.45, 2.75) is 19.5 Å². The van der Waals surface area contributed by atoms with E-state index in [-0.39, 0.29) is 11.9 Å². The van der Waals surface area contributed by atoms with Gasteiger partial charge >= 0.3 is 0 Å². The molecule has 144 valence electrons. The van der Waals surface area contributed by atoms with Crippen molar-refractivity contribution in [1.29, 1.82) is 0 Å². The molecule has 3 rings (SSSR count). The van der Waals surface area contributed by atoms with Crippen LogP contribution in [0.1, 0.15) is 12.6 Å². The predicted octanol–water partition coefficient (Wildman–Crippen LogP) is 2.34. The summed E-state index contributed by atoms with van der Waals surface area (Å²) >= 11 is 0. The van der Waals surface area contributed by atoms with Gasteiger partial charge in [-0.2, -0.15) is 0 Å². The quantitative estimate of drug-likeness (QED) is 0.777. The van der Waals surface area contributed by atoms with Gasteiger partial charge in [0.1, 0.15) is 11.4 Å². The molecule has 0 N–H and O–H groups in total. The number of hydrogen-bond acceptors (Lipinski definition) is 6. The first-order valence-electron chi connectivity index (χ1n) is 8.84. The smallest absolute Gasteiger partial charge is 0.244 e. The standard InChI is InChI=1S/C20H25N3O4/c1-14-20(24)23(15-5-7-16(25-2)8-6-15)12-11-22(14)13-17-19(27-4)18(26-3)9-10-21-17/h5-10,14H,11-13H2,1-4H3. The number of pyridine rings is 1. The van der Waals surface area contributed by atoms with E-state index in [9.17, 15) is 4.79 Å². The zero-order valence-electron chi connectivity index (χ0n) is 16.1. The molecular formula is C20H25N3O4. The summed E-state index contributed by atoms with van der Waals surface area (Å²) in [5.74, 6) is 2.08. The molecule has 0 bridgehead atoms. The van der Waals surface area contributed by atoms with Crippen LogP contribution in [0.15, 0.2) is 36.5 Å². The molecule has 1 fully saturated rings. The third-order valence-corrected chi connectivity index (χ3v) is 4.89. The highest BCUT2D eigenvalue weighted by molar-refractivity contribution is 5.97. The molecule has 1 unspecified atom stereocenters. The van der Waals surface area contributed by atoms with Crippen LogP contribution in [-0.4, -0.2) is 56.3 Å². The Balaban J connectivity index is 1.75. The molecule has 0 spiro atoms. The molecule has 2 heterocycles. The number of anilines is 1. The molecule has 0 aliphatic carbocycles. The van der Waals surface area contributed by atoms with Crippen molar-refractivity contribution >= 4 is 11.6 Å². The second-order valence-corrected chi connectivity index (χ2v) is 6.33. The average Bonchev–Trinajstić information content (AvgIpc) is 2.71. The van der Waals surface area contributed by atoms with Gasteiger partial charge in [-0.15, -0.1) is 0 Å². The van der Waals surface area contributed by atoms with E-state index >= 15 is 0 Å². The van der Waals surface area contributed by atoms with Gasteiger partial charge in [-0.1, -0.05) is 0 Å². The third-order valence-electron chi connectivity index (χ3n) is 4.89. The van der Waals surface area contributed by atoms with Gasteiger partial charge in [0.25, 0.3) is 0 Å². The molecule has 7 heteroatoms. The van der Waals surface area contributed by atoms with Crippen molar-refractivity contribution < 1.29 is 19.0 Å². The molecule has 1 atom stereocenters. The first-order chi connectivity index (χ1) is 13.1. The topological polar surface area (TPSA) is 64.1 Å². The molecule has 1 amide bonds. The summed E-state index contributed by atoms with van der Waals surface area (Å²) < 4.78 is 16.0.